The van der Waals surface area contributed by atoms with Gasteiger partial charge in [0, 0.05) is 19.5 Å². The normalized spacial score (nSPS) is 10.5. The Kier molecular flexibility index (Phi) is 4.03. The second kappa shape index (κ2) is 5.72. The molecule has 0 fully saturated rings. The summed E-state index contributed by atoms with van der Waals surface area (Å²) >= 11 is 1.65. The molecule has 17 heavy (non-hydrogen) atoms. The van der Waals surface area contributed by atoms with Crippen molar-refractivity contribution >= 4 is 17.6 Å². The molecule has 5 heteroatoms. The van der Waals surface area contributed by atoms with E-state index < -0.39 is 0 Å². The van der Waals surface area contributed by atoms with Crippen LogP contribution in [0.4, 0.5) is 5.82 Å². The number of anilines is 1. The summed E-state index contributed by atoms with van der Waals surface area (Å²) in [4.78, 5) is 8.83. The Balaban J connectivity index is 2.09. The van der Waals surface area contributed by atoms with Crippen LogP contribution in [0.25, 0.3) is 0 Å². The van der Waals surface area contributed by atoms with Gasteiger partial charge in [-0.05, 0) is 12.1 Å². The molecule has 2 rings (SSSR count). The van der Waals surface area contributed by atoms with Crippen LogP contribution in [0.5, 0.6) is 0 Å². The summed E-state index contributed by atoms with van der Waals surface area (Å²) in [5, 5.41) is 4.02. The Hall–Kier alpha value is -1.49. The van der Waals surface area contributed by atoms with Crippen molar-refractivity contribution in [3.05, 3.63) is 36.0 Å². The molecule has 0 saturated heterocycles. The predicted octanol–water partition coefficient (Wildman–Crippen LogP) is 2.97. The van der Waals surface area contributed by atoms with Gasteiger partial charge in [0.25, 0.3) is 0 Å². The predicted molar refractivity (Wildman–Crippen MR) is 69.2 cm³/mol. The lowest BCUT2D eigenvalue weighted by Gasteiger charge is -2.05. The molecule has 1 N–H and O–H groups in total. The van der Waals surface area contributed by atoms with Gasteiger partial charge in [0.05, 0.1) is 12.0 Å². The zero-order valence-electron chi connectivity index (χ0n) is 9.93. The number of rotatable bonds is 5. The molecule has 0 aliphatic carbocycles. The molecule has 0 aromatic carbocycles. The van der Waals surface area contributed by atoms with E-state index >= 15 is 0 Å². The van der Waals surface area contributed by atoms with Gasteiger partial charge in [-0.1, -0.05) is 18.7 Å². The summed E-state index contributed by atoms with van der Waals surface area (Å²) < 4.78 is 5.29. The minimum absolute atomic E-state index is 0.788. The van der Waals surface area contributed by atoms with Crippen molar-refractivity contribution in [2.45, 2.75) is 24.1 Å². The summed E-state index contributed by atoms with van der Waals surface area (Å²) in [6, 6.07) is 5.81. The lowest BCUT2D eigenvalue weighted by molar-refractivity contribution is 0.530. The minimum Gasteiger partial charge on any atom is -0.468 e. The van der Waals surface area contributed by atoms with Crippen LogP contribution in [0.1, 0.15) is 18.5 Å². The van der Waals surface area contributed by atoms with Gasteiger partial charge in [0.1, 0.15) is 22.4 Å². The molecular weight excluding hydrogens is 234 g/mol. The third-order valence-corrected chi connectivity index (χ3v) is 3.20. The van der Waals surface area contributed by atoms with Crippen LogP contribution in [-0.4, -0.2) is 17.0 Å². The third kappa shape index (κ3) is 3.23. The Morgan fingerprint density at radius 2 is 2.29 bits per heavy atom. The average molecular weight is 249 g/mol. The van der Waals surface area contributed by atoms with Gasteiger partial charge < -0.3 is 9.73 Å². The molecule has 4 nitrogen and oxygen atoms in total. The highest BCUT2D eigenvalue weighted by Crippen LogP contribution is 2.23. The maximum Gasteiger partial charge on any atom is 0.131 e. The van der Waals surface area contributed by atoms with Crippen molar-refractivity contribution in [3.63, 3.8) is 0 Å². The van der Waals surface area contributed by atoms with Gasteiger partial charge in [-0.25, -0.2) is 9.97 Å². The van der Waals surface area contributed by atoms with Crippen LogP contribution >= 0.6 is 11.8 Å². The standard InChI is InChI=1S/C12H15N3OS/c1-3-10-14-11(13-2)7-12(15-10)17-8-9-5-4-6-16-9/h4-7H,3,8H2,1-2H3,(H,13,14,15). The van der Waals surface area contributed by atoms with Crippen LogP contribution in [0, 0.1) is 0 Å². The molecule has 0 radical (unpaired) electrons. The van der Waals surface area contributed by atoms with Gasteiger partial charge >= 0.3 is 0 Å². The first kappa shape index (κ1) is 12.0. The number of nitrogens with zero attached hydrogens (tertiary/aromatic N) is 2. The SMILES string of the molecule is CCc1nc(NC)cc(SCc2ccco2)n1. The molecule has 2 aromatic rings. The first-order valence-corrected chi connectivity index (χ1v) is 6.51. The van der Waals surface area contributed by atoms with Crippen molar-refractivity contribution in [2.75, 3.05) is 12.4 Å². The fourth-order valence-electron chi connectivity index (χ4n) is 1.37. The first-order valence-electron chi connectivity index (χ1n) is 5.52. The van der Waals surface area contributed by atoms with E-state index in [-0.39, 0.29) is 0 Å². The van der Waals surface area contributed by atoms with Gasteiger partial charge in [0.2, 0.25) is 0 Å². The quantitative estimate of drug-likeness (QED) is 0.652. The average Bonchev–Trinajstić information content (AvgIpc) is 2.89. The lowest BCUT2D eigenvalue weighted by atomic mass is 10.4. The van der Waals surface area contributed by atoms with E-state index in [1.165, 1.54) is 0 Å². The number of hydrogen-bond donors (Lipinski definition) is 1. The molecule has 0 amide bonds. The maximum absolute atomic E-state index is 5.29. The van der Waals surface area contributed by atoms with Crippen molar-refractivity contribution in [3.8, 4) is 0 Å². The van der Waals surface area contributed by atoms with Gasteiger partial charge in [-0.2, -0.15) is 0 Å². The summed E-state index contributed by atoms with van der Waals surface area (Å²) in [5.74, 6) is 3.46. The maximum atomic E-state index is 5.29. The molecule has 0 aliphatic heterocycles. The van der Waals surface area contributed by atoms with Crippen LogP contribution in [-0.2, 0) is 12.2 Å². The van der Waals surface area contributed by atoms with Crippen LogP contribution in [0.3, 0.4) is 0 Å². The van der Waals surface area contributed by atoms with Crippen molar-refractivity contribution in [1.29, 1.82) is 0 Å². The number of furan rings is 1. The second-order valence-corrected chi connectivity index (χ2v) is 4.47. The number of aryl methyl sites for hydroxylation is 1. The van der Waals surface area contributed by atoms with Crippen LogP contribution < -0.4 is 5.32 Å². The van der Waals surface area contributed by atoms with Crippen LogP contribution in [0.15, 0.2) is 33.9 Å². The van der Waals surface area contributed by atoms with E-state index in [4.69, 9.17) is 4.42 Å². The lowest BCUT2D eigenvalue weighted by Crippen LogP contribution is -2.00. The zero-order chi connectivity index (χ0) is 12.1. The molecule has 0 spiro atoms. The van der Waals surface area contributed by atoms with Crippen molar-refractivity contribution < 1.29 is 4.42 Å². The number of thioether (sulfide) groups is 1. The minimum atomic E-state index is 0.788. The van der Waals surface area contributed by atoms with E-state index in [2.05, 4.69) is 22.2 Å². The number of nitrogens with one attached hydrogen (secondary N) is 1. The van der Waals surface area contributed by atoms with E-state index in [1.54, 1.807) is 18.0 Å². The topological polar surface area (TPSA) is 51.0 Å². The summed E-state index contributed by atoms with van der Waals surface area (Å²) in [5.41, 5.74) is 0. The van der Waals surface area contributed by atoms with E-state index in [9.17, 15) is 0 Å². The molecule has 0 aliphatic rings. The summed E-state index contributed by atoms with van der Waals surface area (Å²) in [6.45, 7) is 2.05. The molecule has 90 valence electrons. The fraction of sp³-hybridized carbons (Fsp3) is 0.333. The Morgan fingerprint density at radius 1 is 1.41 bits per heavy atom. The zero-order valence-corrected chi connectivity index (χ0v) is 10.8. The van der Waals surface area contributed by atoms with E-state index in [1.807, 2.05) is 25.2 Å². The van der Waals surface area contributed by atoms with E-state index in [0.29, 0.717) is 0 Å². The largest absolute Gasteiger partial charge is 0.468 e. The number of aromatic nitrogens is 2. The van der Waals surface area contributed by atoms with Crippen molar-refractivity contribution in [1.82, 2.24) is 9.97 Å². The monoisotopic (exact) mass is 249 g/mol. The molecule has 0 saturated carbocycles. The van der Waals surface area contributed by atoms with E-state index in [0.717, 1.165) is 34.6 Å². The molecule has 0 bridgehead atoms. The molecule has 0 unspecified atom stereocenters. The highest BCUT2D eigenvalue weighted by atomic mass is 32.2. The molecular formula is C12H15N3OS. The Morgan fingerprint density at radius 3 is 2.94 bits per heavy atom. The Labute approximate surface area is 105 Å². The Bertz CT molecular complexity index is 448. The van der Waals surface area contributed by atoms with Crippen molar-refractivity contribution in [2.24, 2.45) is 0 Å². The molecule has 2 aromatic heterocycles. The number of hydrogen-bond acceptors (Lipinski definition) is 5. The van der Waals surface area contributed by atoms with Gasteiger partial charge in [0.15, 0.2) is 0 Å². The molecule has 0 atom stereocenters. The smallest absolute Gasteiger partial charge is 0.131 e. The summed E-state index contributed by atoms with van der Waals surface area (Å²) in [6.07, 6.45) is 2.52. The highest BCUT2D eigenvalue weighted by Gasteiger charge is 2.04. The third-order valence-electron chi connectivity index (χ3n) is 2.26. The van der Waals surface area contributed by atoms with Gasteiger partial charge in [-0.3, -0.25) is 0 Å². The fourth-order valence-corrected chi connectivity index (χ4v) is 2.19. The highest BCUT2D eigenvalue weighted by molar-refractivity contribution is 7.98. The summed E-state index contributed by atoms with van der Waals surface area (Å²) in [7, 11) is 1.86. The first-order chi connectivity index (χ1) is 8.31. The van der Waals surface area contributed by atoms with Gasteiger partial charge in [-0.15, -0.1) is 0 Å². The molecule has 2 heterocycles. The van der Waals surface area contributed by atoms with Crippen LogP contribution in [0.2, 0.25) is 0 Å². The second-order valence-electron chi connectivity index (χ2n) is 3.48.